The summed E-state index contributed by atoms with van der Waals surface area (Å²) in [6.45, 7) is 5.93. The lowest BCUT2D eigenvalue weighted by molar-refractivity contribution is -0.190. The van der Waals surface area contributed by atoms with Crippen LogP contribution in [-0.2, 0) is 0 Å². The van der Waals surface area contributed by atoms with Crippen LogP contribution in [0.3, 0.4) is 0 Å². The van der Waals surface area contributed by atoms with Gasteiger partial charge in [0.2, 0.25) is 5.88 Å². The van der Waals surface area contributed by atoms with Crippen molar-refractivity contribution in [3.05, 3.63) is 48.2 Å². The first-order valence-electron chi connectivity index (χ1n) is 14.6. The molecule has 3 aromatic heterocycles. The molecule has 2 fully saturated rings. The predicted molar refractivity (Wildman–Crippen MR) is 159 cm³/mol. The van der Waals surface area contributed by atoms with Crippen molar-refractivity contribution < 1.29 is 22.7 Å². The fourth-order valence-corrected chi connectivity index (χ4v) is 6.74. The van der Waals surface area contributed by atoms with Crippen LogP contribution in [0.1, 0.15) is 62.7 Å². The normalized spacial score (nSPS) is 21.4. The topological polar surface area (TPSA) is 88.4 Å². The number of aromatic nitrogens is 4. The first kappa shape index (κ1) is 29.6. The van der Waals surface area contributed by atoms with Crippen molar-refractivity contribution in [2.24, 2.45) is 11.3 Å². The Kier molecular flexibility index (Phi) is 7.72. The second kappa shape index (κ2) is 11.2. The smallest absolute Gasteiger partial charge is 0.394 e. The minimum absolute atomic E-state index is 0.0666. The van der Waals surface area contributed by atoms with Gasteiger partial charge in [-0.1, -0.05) is 6.07 Å². The molecule has 1 amide bonds. The Balaban J connectivity index is 1.26. The van der Waals surface area contributed by atoms with Crippen molar-refractivity contribution in [3.8, 4) is 11.7 Å². The molecular formula is C30H36F3N7O2S. The average Bonchev–Trinajstić information content (AvgIpc) is 3.52. The Morgan fingerprint density at radius 1 is 1.12 bits per heavy atom. The molecule has 230 valence electrons. The largest absolute Gasteiger partial charge is 0.477 e. The molecular weight excluding hydrogens is 579 g/mol. The van der Waals surface area contributed by atoms with Gasteiger partial charge in [-0.2, -0.15) is 13.2 Å². The molecule has 2 aliphatic heterocycles. The maximum absolute atomic E-state index is 13.6. The summed E-state index contributed by atoms with van der Waals surface area (Å²) in [5, 5.41) is 5.11. The van der Waals surface area contributed by atoms with Crippen LogP contribution in [0.5, 0.6) is 5.88 Å². The van der Waals surface area contributed by atoms with E-state index >= 15 is 0 Å². The summed E-state index contributed by atoms with van der Waals surface area (Å²) in [5.41, 5.74) is -1.41. The Morgan fingerprint density at radius 2 is 1.93 bits per heavy atom. The molecule has 9 nitrogen and oxygen atoms in total. The fraction of sp³-hybridized carbons (Fsp3) is 0.533. The summed E-state index contributed by atoms with van der Waals surface area (Å²) in [7, 11) is 2.04. The number of ether oxygens (including phenoxy) is 1. The third-order valence-corrected chi connectivity index (χ3v) is 9.58. The van der Waals surface area contributed by atoms with E-state index in [4.69, 9.17) is 14.7 Å². The third-order valence-electron chi connectivity index (χ3n) is 8.86. The van der Waals surface area contributed by atoms with Crippen molar-refractivity contribution >= 4 is 29.5 Å². The first-order chi connectivity index (χ1) is 20.4. The number of hydrogen-bond acceptors (Lipinski definition) is 8. The number of carbonyl (C=O) groups excluding carboxylic acids is 1. The number of pyridine rings is 2. The average molecular weight is 616 g/mol. The Labute approximate surface area is 253 Å². The van der Waals surface area contributed by atoms with Crippen molar-refractivity contribution in [2.45, 2.75) is 69.1 Å². The summed E-state index contributed by atoms with van der Waals surface area (Å²) in [6.07, 6.45) is 0.673. The number of nitrogens with one attached hydrogen (secondary N) is 1. The summed E-state index contributed by atoms with van der Waals surface area (Å²) in [5.74, 6) is 2.29. The second-order valence-electron chi connectivity index (χ2n) is 12.4. The maximum atomic E-state index is 13.6. The van der Waals surface area contributed by atoms with Gasteiger partial charge in [0.1, 0.15) is 16.7 Å². The van der Waals surface area contributed by atoms with E-state index in [1.54, 1.807) is 24.4 Å². The highest BCUT2D eigenvalue weighted by Gasteiger charge is 2.62. The molecule has 1 unspecified atom stereocenters. The maximum Gasteiger partial charge on any atom is 0.394 e. The highest BCUT2D eigenvalue weighted by Crippen LogP contribution is 2.59. The van der Waals surface area contributed by atoms with Crippen LogP contribution < -0.4 is 19.3 Å². The van der Waals surface area contributed by atoms with Gasteiger partial charge in [-0.3, -0.25) is 9.52 Å². The number of anilines is 2. The summed E-state index contributed by atoms with van der Waals surface area (Å²) in [6, 6.07) is 10.8. The molecule has 5 heterocycles. The number of amides is 1. The van der Waals surface area contributed by atoms with E-state index in [2.05, 4.69) is 33.5 Å². The molecule has 4 bridgehead atoms. The molecule has 6 rings (SSSR count). The second-order valence-corrected chi connectivity index (χ2v) is 13.3. The van der Waals surface area contributed by atoms with Crippen LogP contribution in [-0.4, -0.2) is 64.1 Å². The number of alkyl halides is 3. The molecule has 1 atom stereocenters. The van der Waals surface area contributed by atoms with E-state index in [-0.39, 0.29) is 43.2 Å². The third kappa shape index (κ3) is 6.13. The van der Waals surface area contributed by atoms with Gasteiger partial charge in [0.05, 0.1) is 17.6 Å². The molecule has 3 aromatic rings. The van der Waals surface area contributed by atoms with Gasteiger partial charge >= 0.3 is 6.18 Å². The Hall–Kier alpha value is -3.48. The van der Waals surface area contributed by atoms with Crippen molar-refractivity contribution in [1.29, 1.82) is 0 Å². The minimum atomic E-state index is -4.21. The van der Waals surface area contributed by atoms with Gasteiger partial charge in [-0.25, -0.2) is 14.6 Å². The van der Waals surface area contributed by atoms with E-state index in [1.165, 1.54) is 16.6 Å². The zero-order valence-corrected chi connectivity index (χ0v) is 25.3. The van der Waals surface area contributed by atoms with E-state index in [0.717, 1.165) is 38.2 Å². The van der Waals surface area contributed by atoms with E-state index < -0.39 is 11.6 Å². The van der Waals surface area contributed by atoms with Gasteiger partial charge in [-0.15, -0.1) is 5.10 Å². The lowest BCUT2D eigenvalue weighted by Gasteiger charge is -2.34. The van der Waals surface area contributed by atoms with Crippen LogP contribution in [0, 0.1) is 11.3 Å². The number of carbonyl (C=O) groups is 1. The lowest BCUT2D eigenvalue weighted by Crippen LogP contribution is -2.40. The van der Waals surface area contributed by atoms with Gasteiger partial charge in [-0.05, 0) is 82.6 Å². The van der Waals surface area contributed by atoms with Crippen molar-refractivity contribution in [1.82, 2.24) is 24.5 Å². The zero-order chi connectivity index (χ0) is 30.4. The summed E-state index contributed by atoms with van der Waals surface area (Å²) < 4.78 is 49.9. The molecule has 13 heteroatoms. The SMILES string of the molecule is CN1CCCC2CN(c3nc(-n4ccc(OCCC5(C(F)(F)F)CC5)n4)ccc3C(=O)NSc3cccc1n3)C(C)(C)C2. The highest BCUT2D eigenvalue weighted by molar-refractivity contribution is 7.97. The van der Waals surface area contributed by atoms with E-state index in [9.17, 15) is 18.0 Å². The number of halogens is 3. The summed E-state index contributed by atoms with van der Waals surface area (Å²) in [4.78, 5) is 27.6. The number of hydrogen-bond donors (Lipinski definition) is 1. The van der Waals surface area contributed by atoms with Crippen LogP contribution in [0.2, 0.25) is 0 Å². The Morgan fingerprint density at radius 3 is 2.70 bits per heavy atom. The van der Waals surface area contributed by atoms with Crippen LogP contribution in [0.4, 0.5) is 24.8 Å². The molecule has 1 N–H and O–H groups in total. The first-order valence-corrected chi connectivity index (χ1v) is 15.5. The molecule has 1 saturated heterocycles. The highest BCUT2D eigenvalue weighted by atomic mass is 32.2. The van der Waals surface area contributed by atoms with E-state index in [0.29, 0.717) is 28.1 Å². The molecule has 43 heavy (non-hydrogen) atoms. The van der Waals surface area contributed by atoms with E-state index in [1.807, 2.05) is 25.2 Å². The van der Waals surface area contributed by atoms with Gasteiger partial charge in [0.15, 0.2) is 5.82 Å². The molecule has 0 aromatic carbocycles. The molecule has 1 saturated carbocycles. The quantitative estimate of drug-likeness (QED) is 0.348. The molecule has 0 spiro atoms. The number of nitrogens with zero attached hydrogens (tertiary/aromatic N) is 6. The van der Waals surface area contributed by atoms with Crippen molar-refractivity contribution in [2.75, 3.05) is 36.5 Å². The van der Waals surface area contributed by atoms with Crippen LogP contribution >= 0.6 is 11.9 Å². The van der Waals surface area contributed by atoms with Crippen molar-refractivity contribution in [3.63, 3.8) is 0 Å². The standard InChI is InChI=1S/C30H36F3N7O2S/c1-28(2)18-20-6-5-15-38(3)22-7-4-8-25(34-22)43-37-27(41)21-9-10-23(35-26(21)39(28)19-20)40-16-11-24(36-40)42-17-14-29(12-13-29)30(31,32)33/h4,7-11,16,20H,5-6,12-15,17-19H2,1-3H3,(H,37,41). The molecule has 3 aliphatic rings. The van der Waals surface area contributed by atoms with Crippen LogP contribution in [0.25, 0.3) is 5.82 Å². The lowest BCUT2D eigenvalue weighted by atomic mass is 9.93. The monoisotopic (exact) mass is 615 g/mol. The zero-order valence-electron chi connectivity index (χ0n) is 24.5. The fourth-order valence-electron chi connectivity index (χ4n) is 6.15. The molecule has 0 radical (unpaired) electrons. The molecule has 1 aliphatic carbocycles. The minimum Gasteiger partial charge on any atom is -0.477 e. The number of fused-ring (bicyclic) bond motifs is 6. The van der Waals surface area contributed by atoms with Gasteiger partial charge in [0.25, 0.3) is 5.91 Å². The summed E-state index contributed by atoms with van der Waals surface area (Å²) >= 11 is 1.17. The number of rotatable bonds is 5. The van der Waals surface area contributed by atoms with Gasteiger partial charge < -0.3 is 14.5 Å². The predicted octanol–water partition coefficient (Wildman–Crippen LogP) is 6.05. The van der Waals surface area contributed by atoms with Crippen LogP contribution in [0.15, 0.2) is 47.6 Å². The van der Waals surface area contributed by atoms with Gasteiger partial charge in [0, 0.05) is 49.9 Å². The Bertz CT molecular complexity index is 1490.